The lowest BCUT2D eigenvalue weighted by molar-refractivity contribution is 0.0970. The SMILES string of the molecule is O=C(NC(=S)N[C@H]1CCCC[C@@H]1NC(=S)NC(=O)c1cccs1)c1cccs1. The van der Waals surface area contributed by atoms with E-state index >= 15 is 0 Å². The van der Waals surface area contributed by atoms with Crippen molar-refractivity contribution in [1.82, 2.24) is 21.3 Å². The van der Waals surface area contributed by atoms with E-state index in [1.807, 2.05) is 22.9 Å². The van der Waals surface area contributed by atoms with E-state index in [1.165, 1.54) is 22.7 Å². The van der Waals surface area contributed by atoms with Gasteiger partial charge >= 0.3 is 0 Å². The first kappa shape index (κ1) is 20.8. The zero-order valence-electron chi connectivity index (χ0n) is 14.9. The highest BCUT2D eigenvalue weighted by Gasteiger charge is 2.27. The van der Waals surface area contributed by atoms with Crippen molar-refractivity contribution in [3.05, 3.63) is 44.8 Å². The van der Waals surface area contributed by atoms with Gasteiger partial charge < -0.3 is 10.6 Å². The minimum atomic E-state index is -0.216. The molecule has 2 aromatic heterocycles. The first-order chi connectivity index (χ1) is 13.5. The van der Waals surface area contributed by atoms with E-state index in [2.05, 4.69) is 21.3 Å². The molecule has 1 fully saturated rings. The van der Waals surface area contributed by atoms with Crippen LogP contribution in [0, 0.1) is 0 Å². The van der Waals surface area contributed by atoms with Crippen molar-refractivity contribution in [2.45, 2.75) is 37.8 Å². The highest BCUT2D eigenvalue weighted by molar-refractivity contribution is 7.80. The van der Waals surface area contributed by atoms with Gasteiger partial charge in [0.25, 0.3) is 11.8 Å². The summed E-state index contributed by atoms with van der Waals surface area (Å²) in [5.74, 6) is -0.432. The molecule has 10 heteroatoms. The first-order valence-electron chi connectivity index (χ1n) is 8.83. The molecule has 1 saturated carbocycles. The van der Waals surface area contributed by atoms with Crippen molar-refractivity contribution in [1.29, 1.82) is 0 Å². The lowest BCUT2D eigenvalue weighted by Gasteiger charge is -2.34. The molecule has 28 heavy (non-hydrogen) atoms. The summed E-state index contributed by atoms with van der Waals surface area (Å²) < 4.78 is 0. The predicted molar refractivity (Wildman–Crippen MR) is 121 cm³/mol. The Morgan fingerprint density at radius 1 is 0.821 bits per heavy atom. The van der Waals surface area contributed by atoms with Gasteiger partial charge in [-0.05, 0) is 60.2 Å². The Morgan fingerprint density at radius 3 is 1.61 bits per heavy atom. The number of rotatable bonds is 4. The van der Waals surface area contributed by atoms with Crippen LogP contribution >= 0.6 is 47.1 Å². The van der Waals surface area contributed by atoms with Crippen molar-refractivity contribution in [2.75, 3.05) is 0 Å². The molecule has 0 bridgehead atoms. The van der Waals surface area contributed by atoms with Crippen LogP contribution in [0.15, 0.2) is 35.0 Å². The van der Waals surface area contributed by atoms with Crippen LogP contribution in [0.25, 0.3) is 0 Å². The van der Waals surface area contributed by atoms with Gasteiger partial charge in [0.1, 0.15) is 0 Å². The van der Waals surface area contributed by atoms with Crippen LogP contribution in [0.3, 0.4) is 0 Å². The minimum Gasteiger partial charge on any atom is -0.358 e. The molecule has 2 amide bonds. The summed E-state index contributed by atoms with van der Waals surface area (Å²) in [5, 5.41) is 16.2. The van der Waals surface area contributed by atoms with E-state index in [-0.39, 0.29) is 23.9 Å². The molecule has 0 spiro atoms. The maximum absolute atomic E-state index is 12.1. The normalized spacial score (nSPS) is 18.7. The lowest BCUT2D eigenvalue weighted by Crippen LogP contribution is -2.57. The number of hydrogen-bond acceptors (Lipinski definition) is 6. The van der Waals surface area contributed by atoms with Crippen molar-refractivity contribution >= 4 is 69.1 Å². The zero-order valence-corrected chi connectivity index (χ0v) is 18.2. The monoisotopic (exact) mass is 452 g/mol. The standard InChI is InChI=1S/C18H20N4O2S4/c23-15(13-7-3-9-27-13)21-17(25)19-11-5-1-2-6-12(11)20-18(26)22-16(24)14-8-4-10-28-14/h3-4,7-12H,1-2,5-6H2,(H2,19,21,23,25)(H2,20,22,24,26)/t11-,12-/m0/s1. The summed E-state index contributed by atoms with van der Waals surface area (Å²) in [6.07, 6.45) is 3.92. The third-order valence-electron chi connectivity index (χ3n) is 4.34. The largest absolute Gasteiger partial charge is 0.358 e. The fourth-order valence-electron chi connectivity index (χ4n) is 3.03. The Hall–Kier alpha value is -1.88. The van der Waals surface area contributed by atoms with Crippen LogP contribution in [0.2, 0.25) is 0 Å². The second-order valence-electron chi connectivity index (χ2n) is 6.31. The van der Waals surface area contributed by atoms with E-state index in [0.29, 0.717) is 20.0 Å². The third kappa shape index (κ3) is 5.81. The second-order valence-corrected chi connectivity index (χ2v) is 9.02. The van der Waals surface area contributed by atoms with Crippen LogP contribution in [0.5, 0.6) is 0 Å². The second kappa shape index (κ2) is 10.1. The smallest absolute Gasteiger partial charge is 0.267 e. The molecule has 148 valence electrons. The minimum absolute atomic E-state index is 0.0153. The van der Waals surface area contributed by atoms with Crippen LogP contribution in [-0.2, 0) is 0 Å². The number of thiocarbonyl (C=S) groups is 2. The summed E-state index contributed by atoms with van der Waals surface area (Å²) in [5.41, 5.74) is 0. The number of amides is 2. The van der Waals surface area contributed by atoms with Crippen LogP contribution < -0.4 is 21.3 Å². The van der Waals surface area contributed by atoms with E-state index < -0.39 is 0 Å². The van der Waals surface area contributed by atoms with Crippen LogP contribution in [0.4, 0.5) is 0 Å². The molecule has 2 aromatic rings. The average Bonchev–Trinajstić information content (AvgIpc) is 3.37. The Balaban J connectivity index is 1.51. The molecule has 0 radical (unpaired) electrons. The van der Waals surface area contributed by atoms with Crippen molar-refractivity contribution in [3.8, 4) is 0 Å². The van der Waals surface area contributed by atoms with Gasteiger partial charge in [-0.3, -0.25) is 20.2 Å². The fraction of sp³-hybridized carbons (Fsp3) is 0.333. The molecular formula is C18H20N4O2S4. The molecule has 2 atom stereocenters. The number of nitrogens with one attached hydrogen (secondary N) is 4. The molecule has 0 unspecified atom stereocenters. The summed E-state index contributed by atoms with van der Waals surface area (Å²) >= 11 is 13.3. The van der Waals surface area contributed by atoms with Gasteiger partial charge in [0.15, 0.2) is 10.2 Å². The van der Waals surface area contributed by atoms with Gasteiger partial charge in [-0.15, -0.1) is 22.7 Å². The Bertz CT molecular complexity index is 766. The Kier molecular flexibility index (Phi) is 7.49. The highest BCUT2D eigenvalue weighted by Crippen LogP contribution is 2.19. The number of thiophene rings is 2. The maximum Gasteiger partial charge on any atom is 0.267 e. The summed E-state index contributed by atoms with van der Waals surface area (Å²) in [6.45, 7) is 0. The summed E-state index contributed by atoms with van der Waals surface area (Å²) in [4.78, 5) is 25.5. The molecule has 2 heterocycles. The molecule has 0 aromatic carbocycles. The molecule has 1 aliphatic carbocycles. The van der Waals surface area contributed by atoms with E-state index in [4.69, 9.17) is 24.4 Å². The number of carbonyl (C=O) groups is 2. The van der Waals surface area contributed by atoms with Gasteiger partial charge in [-0.1, -0.05) is 25.0 Å². The summed E-state index contributed by atoms with van der Waals surface area (Å²) in [7, 11) is 0. The van der Waals surface area contributed by atoms with Gasteiger partial charge in [0.05, 0.1) is 9.75 Å². The van der Waals surface area contributed by atoms with Gasteiger partial charge in [0.2, 0.25) is 0 Å². The third-order valence-corrected chi connectivity index (χ3v) is 6.52. The fourth-order valence-corrected chi connectivity index (χ4v) is 4.76. The zero-order chi connectivity index (χ0) is 19.9. The molecule has 1 aliphatic rings. The maximum atomic E-state index is 12.1. The van der Waals surface area contributed by atoms with Gasteiger partial charge in [-0.2, -0.15) is 0 Å². The predicted octanol–water partition coefficient (Wildman–Crippen LogP) is 3.03. The van der Waals surface area contributed by atoms with E-state index in [9.17, 15) is 9.59 Å². The van der Waals surface area contributed by atoms with E-state index in [1.54, 1.807) is 12.1 Å². The summed E-state index contributed by atoms with van der Waals surface area (Å²) in [6, 6.07) is 7.18. The molecular weight excluding hydrogens is 432 g/mol. The van der Waals surface area contributed by atoms with Gasteiger partial charge in [0, 0.05) is 12.1 Å². The first-order valence-corrected chi connectivity index (χ1v) is 11.4. The molecule has 4 N–H and O–H groups in total. The van der Waals surface area contributed by atoms with Gasteiger partial charge in [-0.25, -0.2) is 0 Å². The van der Waals surface area contributed by atoms with Crippen LogP contribution in [0.1, 0.15) is 45.0 Å². The Morgan fingerprint density at radius 2 is 1.25 bits per heavy atom. The van der Waals surface area contributed by atoms with E-state index in [0.717, 1.165) is 25.7 Å². The molecule has 3 rings (SSSR count). The Labute approximate surface area is 182 Å². The molecule has 0 aliphatic heterocycles. The van der Waals surface area contributed by atoms with Crippen molar-refractivity contribution in [3.63, 3.8) is 0 Å². The van der Waals surface area contributed by atoms with Crippen molar-refractivity contribution in [2.24, 2.45) is 0 Å². The topological polar surface area (TPSA) is 82.3 Å². The average molecular weight is 453 g/mol. The lowest BCUT2D eigenvalue weighted by atomic mass is 9.90. The molecule has 6 nitrogen and oxygen atoms in total. The number of hydrogen-bond donors (Lipinski definition) is 4. The number of carbonyl (C=O) groups excluding carboxylic acids is 2. The highest BCUT2D eigenvalue weighted by atomic mass is 32.1. The quantitative estimate of drug-likeness (QED) is 0.534. The van der Waals surface area contributed by atoms with Crippen molar-refractivity contribution < 1.29 is 9.59 Å². The van der Waals surface area contributed by atoms with Crippen LogP contribution in [-0.4, -0.2) is 34.1 Å². The molecule has 0 saturated heterocycles.